The van der Waals surface area contributed by atoms with E-state index in [0.717, 1.165) is 32.9 Å². The van der Waals surface area contributed by atoms with Crippen molar-refractivity contribution in [1.82, 2.24) is 9.78 Å². The summed E-state index contributed by atoms with van der Waals surface area (Å²) < 4.78 is 7.15. The predicted molar refractivity (Wildman–Crippen MR) is 113 cm³/mol. The maximum Gasteiger partial charge on any atom is 0.274 e. The first-order chi connectivity index (χ1) is 14.1. The molecule has 5 heteroatoms. The third kappa shape index (κ3) is 3.01. The summed E-state index contributed by atoms with van der Waals surface area (Å²) in [5.74, 6) is 0.0495. The van der Waals surface area contributed by atoms with Crippen LogP contribution in [0, 0.1) is 0 Å². The van der Waals surface area contributed by atoms with Crippen LogP contribution in [-0.2, 0) is 24.7 Å². The van der Waals surface area contributed by atoms with Gasteiger partial charge in [-0.05, 0) is 29.8 Å². The molecule has 3 aromatic carbocycles. The topological polar surface area (TPSA) is 65.1 Å². The number of fused-ring (bicyclic) bond motifs is 4. The molecule has 0 bridgehead atoms. The van der Waals surface area contributed by atoms with Crippen LogP contribution in [0.4, 0.5) is 0 Å². The van der Waals surface area contributed by atoms with Gasteiger partial charge in [-0.1, -0.05) is 42.5 Å². The molecule has 0 aliphatic carbocycles. The second-order valence-corrected chi connectivity index (χ2v) is 7.24. The highest BCUT2D eigenvalue weighted by molar-refractivity contribution is 6.05. The van der Waals surface area contributed by atoms with Gasteiger partial charge in [-0.3, -0.25) is 9.59 Å². The maximum absolute atomic E-state index is 12.8. The predicted octanol–water partition coefficient (Wildman–Crippen LogP) is 4.19. The normalized spacial score (nSPS) is 11.5. The first-order valence-electron chi connectivity index (χ1n) is 9.47. The van der Waals surface area contributed by atoms with Crippen LogP contribution in [0.2, 0.25) is 0 Å². The maximum atomic E-state index is 12.8. The number of rotatable bonds is 4. The van der Waals surface area contributed by atoms with Crippen molar-refractivity contribution < 1.29 is 9.21 Å². The van der Waals surface area contributed by atoms with Crippen molar-refractivity contribution in [2.75, 3.05) is 0 Å². The van der Waals surface area contributed by atoms with E-state index < -0.39 is 0 Å². The Kier molecular flexibility index (Phi) is 4.02. The monoisotopic (exact) mass is 382 g/mol. The summed E-state index contributed by atoms with van der Waals surface area (Å²) in [6, 6.07) is 21.0. The van der Waals surface area contributed by atoms with E-state index >= 15 is 0 Å². The molecular weight excluding hydrogens is 364 g/mol. The third-order valence-corrected chi connectivity index (χ3v) is 5.24. The summed E-state index contributed by atoms with van der Waals surface area (Å²) >= 11 is 0. The summed E-state index contributed by atoms with van der Waals surface area (Å²) in [5, 5.41) is 7.71. The number of hydrogen-bond donors (Lipinski definition) is 0. The van der Waals surface area contributed by atoms with E-state index in [0.29, 0.717) is 17.5 Å². The summed E-state index contributed by atoms with van der Waals surface area (Å²) in [6.07, 6.45) is 0.479. The smallest absolute Gasteiger partial charge is 0.274 e. The van der Waals surface area contributed by atoms with Gasteiger partial charge in [0.05, 0.1) is 17.5 Å². The number of aromatic nitrogens is 2. The second-order valence-electron chi connectivity index (χ2n) is 7.24. The molecule has 0 N–H and O–H groups in total. The lowest BCUT2D eigenvalue weighted by Crippen LogP contribution is -2.22. The zero-order valence-corrected chi connectivity index (χ0v) is 15.9. The largest absolute Gasteiger partial charge is 0.456 e. The standard InChI is InChI=1S/C24H18N2O3/c1-26-24(28)19-8-3-2-6-17(19)21(25-26)14-16(27)12-15-10-11-23-20(13-15)18-7-4-5-9-22(18)29-23/h2-11,13H,12,14H2,1H3. The van der Waals surface area contributed by atoms with Gasteiger partial charge in [0.15, 0.2) is 0 Å². The highest BCUT2D eigenvalue weighted by Gasteiger charge is 2.14. The molecule has 0 unspecified atom stereocenters. The molecular formula is C24H18N2O3. The van der Waals surface area contributed by atoms with Crippen LogP contribution in [0.1, 0.15) is 11.3 Å². The Morgan fingerprint density at radius 3 is 2.38 bits per heavy atom. The Hall–Kier alpha value is -3.73. The van der Waals surface area contributed by atoms with E-state index in [1.165, 1.54) is 4.68 Å². The summed E-state index contributed by atoms with van der Waals surface area (Å²) in [5.41, 5.74) is 3.06. The average Bonchev–Trinajstić information content (AvgIpc) is 3.10. The van der Waals surface area contributed by atoms with Crippen LogP contribution in [0.3, 0.4) is 0 Å². The number of para-hydroxylation sites is 1. The van der Waals surface area contributed by atoms with E-state index in [1.54, 1.807) is 13.1 Å². The third-order valence-electron chi connectivity index (χ3n) is 5.24. The van der Waals surface area contributed by atoms with Crippen LogP contribution >= 0.6 is 0 Å². The Morgan fingerprint density at radius 1 is 0.862 bits per heavy atom. The van der Waals surface area contributed by atoms with E-state index in [-0.39, 0.29) is 17.8 Å². The molecule has 0 amide bonds. The molecule has 5 nitrogen and oxygen atoms in total. The zero-order valence-electron chi connectivity index (χ0n) is 15.9. The lowest BCUT2D eigenvalue weighted by Gasteiger charge is -2.08. The summed E-state index contributed by atoms with van der Waals surface area (Å²) in [7, 11) is 1.61. The summed E-state index contributed by atoms with van der Waals surface area (Å²) in [4.78, 5) is 25.1. The molecule has 2 aromatic heterocycles. The van der Waals surface area contributed by atoms with E-state index in [1.807, 2.05) is 60.7 Å². The van der Waals surface area contributed by atoms with Crippen molar-refractivity contribution in [1.29, 1.82) is 0 Å². The van der Waals surface area contributed by atoms with Crippen molar-refractivity contribution >= 4 is 38.5 Å². The Balaban J connectivity index is 1.47. The van der Waals surface area contributed by atoms with Gasteiger partial charge in [0.2, 0.25) is 0 Å². The van der Waals surface area contributed by atoms with Gasteiger partial charge >= 0.3 is 0 Å². The molecule has 2 heterocycles. The number of Topliss-reactive ketones (excluding diaryl/α,β-unsaturated/α-hetero) is 1. The van der Waals surface area contributed by atoms with Gasteiger partial charge in [0, 0.05) is 29.6 Å². The molecule has 0 saturated carbocycles. The fraction of sp³-hybridized carbons (Fsp3) is 0.125. The molecule has 0 fully saturated rings. The van der Waals surface area contributed by atoms with Crippen LogP contribution in [0.25, 0.3) is 32.7 Å². The molecule has 5 aromatic rings. The first-order valence-corrected chi connectivity index (χ1v) is 9.47. The Morgan fingerprint density at radius 2 is 1.55 bits per heavy atom. The van der Waals surface area contributed by atoms with E-state index in [4.69, 9.17) is 4.42 Å². The van der Waals surface area contributed by atoms with Gasteiger partial charge in [-0.2, -0.15) is 5.10 Å². The molecule has 0 saturated heterocycles. The lowest BCUT2D eigenvalue weighted by molar-refractivity contribution is -0.117. The Bertz CT molecular complexity index is 1460. The quantitative estimate of drug-likeness (QED) is 0.468. The highest BCUT2D eigenvalue weighted by Crippen LogP contribution is 2.29. The molecule has 0 aliphatic heterocycles. The number of benzene rings is 3. The summed E-state index contributed by atoms with van der Waals surface area (Å²) in [6.45, 7) is 0. The van der Waals surface area contributed by atoms with Crippen molar-refractivity contribution in [3.05, 3.63) is 88.3 Å². The SMILES string of the molecule is Cn1nc(CC(=O)Cc2ccc3oc4ccccc4c3c2)c2ccccc2c1=O. The van der Waals surface area contributed by atoms with Gasteiger partial charge < -0.3 is 4.42 Å². The average molecular weight is 382 g/mol. The minimum Gasteiger partial charge on any atom is -0.456 e. The first kappa shape index (κ1) is 17.4. The van der Waals surface area contributed by atoms with Gasteiger partial charge in [-0.15, -0.1) is 0 Å². The molecule has 142 valence electrons. The van der Waals surface area contributed by atoms with Crippen LogP contribution in [0.15, 0.2) is 75.9 Å². The van der Waals surface area contributed by atoms with E-state index in [2.05, 4.69) is 5.10 Å². The highest BCUT2D eigenvalue weighted by atomic mass is 16.3. The van der Waals surface area contributed by atoms with Crippen molar-refractivity contribution in [2.45, 2.75) is 12.8 Å². The van der Waals surface area contributed by atoms with E-state index in [9.17, 15) is 9.59 Å². The van der Waals surface area contributed by atoms with Crippen LogP contribution in [0.5, 0.6) is 0 Å². The number of carbonyl (C=O) groups is 1. The van der Waals surface area contributed by atoms with Crippen molar-refractivity contribution in [2.24, 2.45) is 7.05 Å². The fourth-order valence-corrected chi connectivity index (χ4v) is 3.87. The van der Waals surface area contributed by atoms with Gasteiger partial charge in [0.1, 0.15) is 16.9 Å². The zero-order chi connectivity index (χ0) is 20.0. The molecule has 29 heavy (non-hydrogen) atoms. The minimum atomic E-state index is -0.158. The fourth-order valence-electron chi connectivity index (χ4n) is 3.87. The van der Waals surface area contributed by atoms with Gasteiger partial charge in [-0.25, -0.2) is 4.68 Å². The molecule has 0 spiro atoms. The minimum absolute atomic E-state index is 0.0495. The number of hydrogen-bond acceptors (Lipinski definition) is 4. The molecule has 0 atom stereocenters. The molecule has 5 rings (SSSR count). The van der Waals surface area contributed by atoms with Gasteiger partial charge in [0.25, 0.3) is 5.56 Å². The second kappa shape index (κ2) is 6.71. The number of aryl methyl sites for hydroxylation is 1. The number of ketones is 1. The van der Waals surface area contributed by atoms with Crippen molar-refractivity contribution in [3.8, 4) is 0 Å². The van der Waals surface area contributed by atoms with Crippen molar-refractivity contribution in [3.63, 3.8) is 0 Å². The molecule has 0 radical (unpaired) electrons. The molecule has 0 aliphatic rings. The van der Waals surface area contributed by atoms with Crippen LogP contribution in [-0.4, -0.2) is 15.6 Å². The Labute approximate surface area is 166 Å². The number of nitrogens with zero attached hydrogens (tertiary/aromatic N) is 2. The number of furan rings is 1. The lowest BCUT2D eigenvalue weighted by atomic mass is 10.0. The van der Waals surface area contributed by atoms with Crippen LogP contribution < -0.4 is 5.56 Å². The number of carbonyl (C=O) groups excluding carboxylic acids is 1.